The molecule has 9 heteroatoms. The fraction of sp³-hybridized carbons (Fsp3) is 0.269. The number of likely N-dealkylation sites (tertiary alicyclic amines) is 1. The van der Waals surface area contributed by atoms with Gasteiger partial charge < -0.3 is 9.47 Å². The number of imidazole rings is 1. The number of rotatable bonds is 5. The molecule has 0 spiro atoms. The Balaban J connectivity index is 1.25. The second-order valence-electron chi connectivity index (χ2n) is 8.51. The van der Waals surface area contributed by atoms with Crippen molar-refractivity contribution in [3.8, 4) is 10.6 Å². The lowest BCUT2D eigenvalue weighted by Gasteiger charge is -2.31. The third-order valence-corrected chi connectivity index (χ3v) is 7.39. The molecular formula is C26H23F3N4OS. The second kappa shape index (κ2) is 9.65. The smallest absolute Gasteiger partial charge is 0.338 e. The van der Waals surface area contributed by atoms with Gasteiger partial charge in [0.05, 0.1) is 21.0 Å². The molecule has 0 bridgehead atoms. The quantitative estimate of drug-likeness (QED) is 0.336. The minimum absolute atomic E-state index is 0.00178. The van der Waals surface area contributed by atoms with Gasteiger partial charge in [0.15, 0.2) is 0 Å². The lowest BCUT2D eigenvalue weighted by molar-refractivity contribution is -0.138. The minimum atomic E-state index is -4.40. The summed E-state index contributed by atoms with van der Waals surface area (Å²) in [7, 11) is 0. The standard InChI is InChI=1S/C26H23F3N4OS/c27-26(28,29)20-6-2-1-5-19(20)17-33-16-13-31-24(33)18-10-14-32(15-11-18)25(34)23-9-8-22(35-23)21-7-3-4-12-30-21/h1-9,12-13,16,18H,10-11,14-15,17H2. The number of hydrogen-bond acceptors (Lipinski definition) is 4. The van der Waals surface area contributed by atoms with Crippen LogP contribution in [0.1, 0.15) is 45.4 Å². The normalized spacial score (nSPS) is 14.9. The number of halogens is 3. The minimum Gasteiger partial charge on any atom is -0.338 e. The van der Waals surface area contributed by atoms with Crippen LogP contribution in [-0.2, 0) is 12.7 Å². The first-order valence-corrected chi connectivity index (χ1v) is 12.2. The number of piperidine rings is 1. The van der Waals surface area contributed by atoms with Gasteiger partial charge in [0.2, 0.25) is 0 Å². The van der Waals surface area contributed by atoms with Crippen LogP contribution in [0.2, 0.25) is 0 Å². The topological polar surface area (TPSA) is 51.0 Å². The van der Waals surface area contributed by atoms with E-state index in [-0.39, 0.29) is 23.9 Å². The molecule has 1 fully saturated rings. The maximum Gasteiger partial charge on any atom is 0.416 e. The van der Waals surface area contributed by atoms with E-state index in [1.807, 2.05) is 35.2 Å². The van der Waals surface area contributed by atoms with Gasteiger partial charge in [-0.3, -0.25) is 9.78 Å². The fourth-order valence-corrected chi connectivity index (χ4v) is 5.48. The highest BCUT2D eigenvalue weighted by Crippen LogP contribution is 2.34. The summed E-state index contributed by atoms with van der Waals surface area (Å²) in [6.07, 6.45) is 2.11. The van der Waals surface area contributed by atoms with E-state index in [0.717, 1.165) is 22.5 Å². The number of pyridine rings is 1. The van der Waals surface area contributed by atoms with Gasteiger partial charge >= 0.3 is 6.18 Å². The summed E-state index contributed by atoms with van der Waals surface area (Å²) in [5.41, 5.74) is 0.434. The van der Waals surface area contributed by atoms with Gasteiger partial charge in [0.1, 0.15) is 5.82 Å². The van der Waals surface area contributed by atoms with Crippen LogP contribution in [-0.4, -0.2) is 38.4 Å². The molecule has 180 valence electrons. The van der Waals surface area contributed by atoms with E-state index in [9.17, 15) is 18.0 Å². The van der Waals surface area contributed by atoms with E-state index < -0.39 is 11.7 Å². The monoisotopic (exact) mass is 496 g/mol. The van der Waals surface area contributed by atoms with Gasteiger partial charge in [-0.15, -0.1) is 11.3 Å². The van der Waals surface area contributed by atoms with E-state index in [4.69, 9.17) is 0 Å². The Morgan fingerprint density at radius 3 is 2.49 bits per heavy atom. The molecule has 1 saturated heterocycles. The van der Waals surface area contributed by atoms with E-state index >= 15 is 0 Å². The molecule has 0 unspecified atom stereocenters. The molecule has 35 heavy (non-hydrogen) atoms. The van der Waals surface area contributed by atoms with Crippen LogP contribution in [0, 0.1) is 0 Å². The summed E-state index contributed by atoms with van der Waals surface area (Å²) in [6.45, 7) is 1.26. The molecule has 0 N–H and O–H groups in total. The van der Waals surface area contributed by atoms with Crippen LogP contribution in [0.5, 0.6) is 0 Å². The molecule has 0 aliphatic carbocycles. The zero-order chi connectivity index (χ0) is 24.4. The molecule has 5 rings (SSSR count). The van der Waals surface area contributed by atoms with E-state index in [2.05, 4.69) is 9.97 Å². The molecule has 4 aromatic rings. The number of nitrogens with zero attached hydrogens (tertiary/aromatic N) is 4. The largest absolute Gasteiger partial charge is 0.416 e. The fourth-order valence-electron chi connectivity index (χ4n) is 4.53. The number of carbonyl (C=O) groups is 1. The Labute approximate surface area is 204 Å². The predicted octanol–water partition coefficient (Wildman–Crippen LogP) is 6.09. The second-order valence-corrected chi connectivity index (χ2v) is 9.60. The Hall–Kier alpha value is -3.46. The van der Waals surface area contributed by atoms with Crippen molar-refractivity contribution in [1.82, 2.24) is 19.4 Å². The number of amides is 1. The Bertz CT molecular complexity index is 1310. The van der Waals surface area contributed by atoms with Crippen molar-refractivity contribution in [2.75, 3.05) is 13.1 Å². The van der Waals surface area contributed by atoms with Gasteiger partial charge in [-0.2, -0.15) is 13.2 Å². The maximum absolute atomic E-state index is 13.4. The zero-order valence-corrected chi connectivity index (χ0v) is 19.6. The molecule has 5 nitrogen and oxygen atoms in total. The Morgan fingerprint density at radius 1 is 0.971 bits per heavy atom. The van der Waals surface area contributed by atoms with Crippen molar-refractivity contribution in [2.24, 2.45) is 0 Å². The van der Waals surface area contributed by atoms with E-state index in [0.29, 0.717) is 30.8 Å². The molecule has 3 aromatic heterocycles. The lowest BCUT2D eigenvalue weighted by Crippen LogP contribution is -2.38. The molecule has 1 aliphatic rings. The molecule has 0 radical (unpaired) electrons. The number of thiophene rings is 1. The summed E-state index contributed by atoms with van der Waals surface area (Å²) in [4.78, 5) is 25.3. The van der Waals surface area contributed by atoms with Crippen molar-refractivity contribution in [3.63, 3.8) is 0 Å². The average Bonchev–Trinajstić information content (AvgIpc) is 3.54. The van der Waals surface area contributed by atoms with Crippen LogP contribution in [0.4, 0.5) is 13.2 Å². The van der Waals surface area contributed by atoms with Crippen LogP contribution < -0.4 is 0 Å². The molecular weight excluding hydrogens is 473 g/mol. The summed E-state index contributed by atoms with van der Waals surface area (Å²) in [5.74, 6) is 0.847. The van der Waals surface area contributed by atoms with Crippen LogP contribution in [0.15, 0.2) is 73.2 Å². The van der Waals surface area contributed by atoms with E-state index in [1.165, 1.54) is 23.5 Å². The first-order valence-electron chi connectivity index (χ1n) is 11.4. The van der Waals surface area contributed by atoms with E-state index in [1.54, 1.807) is 29.2 Å². The van der Waals surface area contributed by atoms with Gasteiger partial charge in [0.25, 0.3) is 5.91 Å². The van der Waals surface area contributed by atoms with Crippen molar-refractivity contribution in [3.05, 3.63) is 95.0 Å². The number of alkyl halides is 3. The highest BCUT2D eigenvalue weighted by atomic mass is 32.1. The van der Waals surface area contributed by atoms with Crippen molar-refractivity contribution in [2.45, 2.75) is 31.5 Å². The first-order chi connectivity index (χ1) is 16.9. The van der Waals surface area contributed by atoms with Gasteiger partial charge in [0, 0.05) is 44.1 Å². The van der Waals surface area contributed by atoms with Crippen molar-refractivity contribution in [1.29, 1.82) is 0 Å². The molecule has 4 heterocycles. The molecule has 1 amide bonds. The summed E-state index contributed by atoms with van der Waals surface area (Å²) >= 11 is 1.43. The maximum atomic E-state index is 13.4. The van der Waals surface area contributed by atoms with Crippen LogP contribution in [0.3, 0.4) is 0 Å². The molecule has 0 atom stereocenters. The first kappa shape index (κ1) is 23.3. The third kappa shape index (κ3) is 5.00. The lowest BCUT2D eigenvalue weighted by atomic mass is 9.95. The molecule has 1 aromatic carbocycles. The zero-order valence-electron chi connectivity index (χ0n) is 18.8. The SMILES string of the molecule is O=C(c1ccc(-c2ccccn2)s1)N1CCC(c2nccn2Cc2ccccc2C(F)(F)F)CC1. The number of benzene rings is 1. The average molecular weight is 497 g/mol. The molecule has 0 saturated carbocycles. The van der Waals surface area contributed by atoms with Gasteiger partial charge in [-0.05, 0) is 48.7 Å². The number of aromatic nitrogens is 3. The van der Waals surface area contributed by atoms with Crippen LogP contribution >= 0.6 is 11.3 Å². The summed E-state index contributed by atoms with van der Waals surface area (Å²) in [6, 6.07) is 15.1. The number of hydrogen-bond donors (Lipinski definition) is 0. The number of carbonyl (C=O) groups excluding carboxylic acids is 1. The highest BCUT2D eigenvalue weighted by molar-refractivity contribution is 7.17. The third-order valence-electron chi connectivity index (χ3n) is 6.29. The summed E-state index contributed by atoms with van der Waals surface area (Å²) in [5, 5.41) is 0. The van der Waals surface area contributed by atoms with Gasteiger partial charge in [-0.25, -0.2) is 4.98 Å². The van der Waals surface area contributed by atoms with Crippen molar-refractivity contribution < 1.29 is 18.0 Å². The summed E-state index contributed by atoms with van der Waals surface area (Å²) < 4.78 is 42.1. The Morgan fingerprint density at radius 2 is 1.74 bits per heavy atom. The van der Waals surface area contributed by atoms with Crippen molar-refractivity contribution >= 4 is 17.2 Å². The molecule has 1 aliphatic heterocycles. The predicted molar refractivity (Wildman–Crippen MR) is 128 cm³/mol. The van der Waals surface area contributed by atoms with Crippen LogP contribution in [0.25, 0.3) is 10.6 Å². The van der Waals surface area contributed by atoms with Gasteiger partial charge in [-0.1, -0.05) is 24.3 Å². The highest BCUT2D eigenvalue weighted by Gasteiger charge is 2.33. The Kier molecular flexibility index (Phi) is 6.42.